The van der Waals surface area contributed by atoms with Gasteiger partial charge in [-0.25, -0.2) is 9.55 Å². The SMILES string of the molecule is Cc1ccc2c(oc3ccc(-c4cc(-c5ccccc5)cc(-c5ccccc5)n4)cc32)c1-c1cccc[n+]1C. The maximum absolute atomic E-state index is 6.52. The minimum atomic E-state index is 0.877. The summed E-state index contributed by atoms with van der Waals surface area (Å²) in [6, 6.07) is 42.3. The van der Waals surface area contributed by atoms with Crippen LogP contribution < -0.4 is 4.57 Å². The number of aromatic nitrogens is 2. The first-order chi connectivity index (χ1) is 19.2. The Bertz CT molecular complexity index is 1910. The summed E-state index contributed by atoms with van der Waals surface area (Å²) in [6.45, 7) is 2.14. The van der Waals surface area contributed by atoms with Crippen LogP contribution in [0.15, 0.2) is 132 Å². The quantitative estimate of drug-likeness (QED) is 0.225. The van der Waals surface area contributed by atoms with Crippen molar-refractivity contribution in [2.75, 3.05) is 0 Å². The smallest absolute Gasteiger partial charge is 0.216 e. The highest BCUT2D eigenvalue weighted by Crippen LogP contribution is 2.39. The second kappa shape index (κ2) is 9.38. The van der Waals surface area contributed by atoms with Crippen LogP contribution in [0.3, 0.4) is 0 Å². The molecular weight excluding hydrogens is 476 g/mol. The molecule has 3 nitrogen and oxygen atoms in total. The van der Waals surface area contributed by atoms with E-state index in [9.17, 15) is 0 Å². The van der Waals surface area contributed by atoms with Crippen LogP contribution in [0.1, 0.15) is 5.56 Å². The zero-order valence-electron chi connectivity index (χ0n) is 21.9. The second-order valence-corrected chi connectivity index (χ2v) is 10.0. The fraction of sp³-hybridized carbons (Fsp3) is 0.0556. The Labute approximate surface area is 227 Å². The fourth-order valence-corrected chi connectivity index (χ4v) is 5.43. The Morgan fingerprint density at radius 1 is 0.590 bits per heavy atom. The number of hydrogen-bond donors (Lipinski definition) is 0. The van der Waals surface area contributed by atoms with Crippen LogP contribution in [0, 0.1) is 6.92 Å². The van der Waals surface area contributed by atoms with E-state index in [1.165, 1.54) is 11.1 Å². The van der Waals surface area contributed by atoms with Crippen LogP contribution in [-0.4, -0.2) is 4.98 Å². The molecule has 0 aliphatic carbocycles. The van der Waals surface area contributed by atoms with Crippen molar-refractivity contribution >= 4 is 21.9 Å². The predicted octanol–water partition coefficient (Wildman–Crippen LogP) is 8.78. The molecule has 0 saturated carbocycles. The Balaban J connectivity index is 1.44. The van der Waals surface area contributed by atoms with Gasteiger partial charge >= 0.3 is 0 Å². The third-order valence-electron chi connectivity index (χ3n) is 7.46. The number of furan rings is 1. The van der Waals surface area contributed by atoms with Gasteiger partial charge in [0.2, 0.25) is 5.69 Å². The van der Waals surface area contributed by atoms with Crippen molar-refractivity contribution in [3.63, 3.8) is 0 Å². The van der Waals surface area contributed by atoms with E-state index in [0.717, 1.165) is 61.3 Å². The summed E-state index contributed by atoms with van der Waals surface area (Å²) in [5.41, 5.74) is 11.6. The summed E-state index contributed by atoms with van der Waals surface area (Å²) in [5, 5.41) is 2.20. The van der Waals surface area contributed by atoms with Crippen LogP contribution in [0.5, 0.6) is 0 Å². The topological polar surface area (TPSA) is 29.9 Å². The van der Waals surface area contributed by atoms with E-state index in [1.54, 1.807) is 0 Å². The van der Waals surface area contributed by atoms with Gasteiger partial charge in [-0.15, -0.1) is 0 Å². The third-order valence-corrected chi connectivity index (χ3v) is 7.46. The summed E-state index contributed by atoms with van der Waals surface area (Å²) in [4.78, 5) is 5.13. The van der Waals surface area contributed by atoms with E-state index in [1.807, 2.05) is 18.2 Å². The van der Waals surface area contributed by atoms with E-state index in [4.69, 9.17) is 9.40 Å². The zero-order chi connectivity index (χ0) is 26.3. The summed E-state index contributed by atoms with van der Waals surface area (Å²) in [5.74, 6) is 0. The molecule has 3 aromatic heterocycles. The minimum absolute atomic E-state index is 0.877. The van der Waals surface area contributed by atoms with Crippen molar-refractivity contribution in [2.24, 2.45) is 7.05 Å². The molecule has 0 aliphatic rings. The summed E-state index contributed by atoms with van der Waals surface area (Å²) in [7, 11) is 2.07. The van der Waals surface area contributed by atoms with Gasteiger partial charge in [0.1, 0.15) is 18.2 Å². The Hall–Kier alpha value is -5.02. The maximum Gasteiger partial charge on any atom is 0.216 e. The van der Waals surface area contributed by atoms with E-state index in [-0.39, 0.29) is 0 Å². The van der Waals surface area contributed by atoms with Gasteiger partial charge in [-0.2, -0.15) is 0 Å². The van der Waals surface area contributed by atoms with Gasteiger partial charge in [-0.1, -0.05) is 72.8 Å². The van der Waals surface area contributed by atoms with Crippen molar-refractivity contribution in [1.29, 1.82) is 0 Å². The molecule has 0 saturated heterocycles. The number of fused-ring (bicyclic) bond motifs is 3. The molecule has 39 heavy (non-hydrogen) atoms. The highest BCUT2D eigenvalue weighted by molar-refractivity contribution is 6.10. The molecule has 0 fully saturated rings. The van der Waals surface area contributed by atoms with Crippen molar-refractivity contribution in [3.8, 4) is 44.9 Å². The van der Waals surface area contributed by atoms with Gasteiger partial charge in [0, 0.05) is 34.0 Å². The maximum atomic E-state index is 6.52. The Morgan fingerprint density at radius 2 is 1.28 bits per heavy atom. The predicted molar refractivity (Wildman–Crippen MR) is 159 cm³/mol. The number of aryl methyl sites for hydroxylation is 2. The summed E-state index contributed by atoms with van der Waals surface area (Å²) in [6.07, 6.45) is 2.07. The van der Waals surface area contributed by atoms with E-state index >= 15 is 0 Å². The minimum Gasteiger partial charge on any atom is -0.455 e. The van der Waals surface area contributed by atoms with Crippen LogP contribution in [-0.2, 0) is 7.05 Å². The van der Waals surface area contributed by atoms with Crippen LogP contribution in [0.2, 0.25) is 0 Å². The summed E-state index contributed by atoms with van der Waals surface area (Å²) >= 11 is 0. The van der Waals surface area contributed by atoms with Gasteiger partial charge < -0.3 is 4.42 Å². The molecule has 4 aromatic carbocycles. The zero-order valence-corrected chi connectivity index (χ0v) is 21.9. The van der Waals surface area contributed by atoms with Crippen molar-refractivity contribution in [3.05, 3.63) is 133 Å². The molecule has 7 aromatic rings. The molecule has 186 valence electrons. The number of pyridine rings is 2. The molecule has 0 atom stereocenters. The van der Waals surface area contributed by atoms with Crippen molar-refractivity contribution < 1.29 is 8.98 Å². The van der Waals surface area contributed by atoms with Gasteiger partial charge in [0.15, 0.2) is 6.20 Å². The first kappa shape index (κ1) is 23.1. The summed E-state index contributed by atoms with van der Waals surface area (Å²) < 4.78 is 8.66. The standard InChI is InChI=1S/C36H27N2O/c1-24-16-18-29-30-21-27(17-19-34(30)39-36(29)35(24)33-15-9-10-20-38(33)2)32-23-28(25-11-5-3-6-12-25)22-31(37-32)26-13-7-4-8-14-26/h3-23H,1-2H3/q+1. The molecular formula is C36H27N2O+. The third kappa shape index (κ3) is 4.09. The van der Waals surface area contributed by atoms with Crippen LogP contribution >= 0.6 is 0 Å². The molecule has 3 heterocycles. The van der Waals surface area contributed by atoms with Gasteiger partial charge in [-0.3, -0.25) is 0 Å². The van der Waals surface area contributed by atoms with E-state index in [0.29, 0.717) is 0 Å². The molecule has 0 radical (unpaired) electrons. The lowest BCUT2D eigenvalue weighted by Crippen LogP contribution is -2.30. The average molecular weight is 504 g/mol. The van der Waals surface area contributed by atoms with Crippen molar-refractivity contribution in [1.82, 2.24) is 4.98 Å². The van der Waals surface area contributed by atoms with Crippen LogP contribution in [0.25, 0.3) is 66.8 Å². The normalized spacial score (nSPS) is 11.3. The molecule has 0 aliphatic heterocycles. The van der Waals surface area contributed by atoms with E-state index in [2.05, 4.69) is 128 Å². The highest BCUT2D eigenvalue weighted by Gasteiger charge is 2.20. The monoisotopic (exact) mass is 503 g/mol. The lowest BCUT2D eigenvalue weighted by atomic mass is 9.98. The molecule has 0 bridgehead atoms. The molecule has 0 N–H and O–H groups in total. The first-order valence-electron chi connectivity index (χ1n) is 13.2. The first-order valence-corrected chi connectivity index (χ1v) is 13.2. The van der Waals surface area contributed by atoms with E-state index < -0.39 is 0 Å². The number of hydrogen-bond acceptors (Lipinski definition) is 2. The van der Waals surface area contributed by atoms with Gasteiger partial charge in [-0.05, 0) is 60.0 Å². The van der Waals surface area contributed by atoms with Crippen molar-refractivity contribution in [2.45, 2.75) is 6.92 Å². The molecule has 0 spiro atoms. The van der Waals surface area contributed by atoms with Gasteiger partial charge in [0.05, 0.1) is 17.0 Å². The largest absolute Gasteiger partial charge is 0.455 e. The second-order valence-electron chi connectivity index (χ2n) is 10.0. The number of rotatable bonds is 4. The molecule has 3 heteroatoms. The molecule has 7 rings (SSSR count). The highest BCUT2D eigenvalue weighted by atomic mass is 16.3. The average Bonchev–Trinajstić information content (AvgIpc) is 3.36. The Morgan fingerprint density at radius 3 is 2.03 bits per heavy atom. The molecule has 0 unspecified atom stereocenters. The van der Waals surface area contributed by atoms with Crippen LogP contribution in [0.4, 0.5) is 0 Å². The Kier molecular flexibility index (Phi) is 5.56. The van der Waals surface area contributed by atoms with Gasteiger partial charge in [0.25, 0.3) is 0 Å². The lowest BCUT2D eigenvalue weighted by Gasteiger charge is -2.10. The number of benzene rings is 4. The fourth-order valence-electron chi connectivity index (χ4n) is 5.43. The number of nitrogens with zero attached hydrogens (tertiary/aromatic N) is 2. The molecule has 0 amide bonds. The lowest BCUT2D eigenvalue weighted by molar-refractivity contribution is -0.660.